The summed E-state index contributed by atoms with van der Waals surface area (Å²) in [5.74, 6) is 0.967. The molecule has 24 heavy (non-hydrogen) atoms. The molecule has 0 radical (unpaired) electrons. The van der Waals surface area contributed by atoms with E-state index in [9.17, 15) is 9.59 Å². The highest BCUT2D eigenvalue weighted by Gasteiger charge is 2.36. The third kappa shape index (κ3) is 3.55. The number of hydrogen-bond acceptors (Lipinski definition) is 3. The number of piperidine rings is 1. The van der Waals surface area contributed by atoms with Gasteiger partial charge in [0.1, 0.15) is 5.75 Å². The molecule has 2 atom stereocenters. The minimum absolute atomic E-state index is 0.0862. The van der Waals surface area contributed by atoms with Crippen molar-refractivity contribution < 1.29 is 14.3 Å². The number of rotatable bonds is 4. The Morgan fingerprint density at radius 2 is 2.12 bits per heavy atom. The summed E-state index contributed by atoms with van der Waals surface area (Å²) in [5, 5.41) is 0. The lowest BCUT2D eigenvalue weighted by Crippen LogP contribution is -2.45. The van der Waals surface area contributed by atoms with Crippen LogP contribution in [0.5, 0.6) is 5.75 Å². The number of methoxy groups -OCH3 is 1. The third-order valence-electron chi connectivity index (χ3n) is 5.27. The summed E-state index contributed by atoms with van der Waals surface area (Å²) in [6, 6.07) is 8.29. The van der Waals surface area contributed by atoms with Crippen molar-refractivity contribution in [3.05, 3.63) is 29.8 Å². The van der Waals surface area contributed by atoms with Crippen LogP contribution in [0.15, 0.2) is 24.3 Å². The summed E-state index contributed by atoms with van der Waals surface area (Å²) in [6.45, 7) is 1.50. The molecule has 1 aromatic carbocycles. The molecule has 0 N–H and O–H groups in total. The van der Waals surface area contributed by atoms with Crippen LogP contribution in [0.3, 0.4) is 0 Å². The zero-order chi connectivity index (χ0) is 17.1. The van der Waals surface area contributed by atoms with E-state index >= 15 is 0 Å². The van der Waals surface area contributed by atoms with Crippen molar-refractivity contribution in [2.75, 3.05) is 27.2 Å². The molecule has 0 bridgehead atoms. The molecule has 0 aliphatic carbocycles. The first-order valence-corrected chi connectivity index (χ1v) is 8.76. The molecular weight excluding hydrogens is 304 g/mol. The smallest absolute Gasteiger partial charge is 0.226 e. The van der Waals surface area contributed by atoms with E-state index in [4.69, 9.17) is 4.74 Å². The minimum Gasteiger partial charge on any atom is -0.497 e. The van der Waals surface area contributed by atoms with E-state index in [2.05, 4.69) is 6.07 Å². The Morgan fingerprint density at radius 3 is 2.88 bits per heavy atom. The minimum atomic E-state index is -0.139. The average Bonchev–Trinajstić information content (AvgIpc) is 3.05. The molecule has 2 aliphatic heterocycles. The first kappa shape index (κ1) is 16.8. The fourth-order valence-electron chi connectivity index (χ4n) is 3.80. The van der Waals surface area contributed by atoms with Crippen LogP contribution in [-0.4, -0.2) is 54.9 Å². The number of amides is 2. The highest BCUT2D eigenvalue weighted by atomic mass is 16.5. The van der Waals surface area contributed by atoms with Crippen molar-refractivity contribution in [3.63, 3.8) is 0 Å². The van der Waals surface area contributed by atoms with Gasteiger partial charge >= 0.3 is 0 Å². The predicted octanol–water partition coefficient (Wildman–Crippen LogP) is 2.10. The van der Waals surface area contributed by atoms with Crippen LogP contribution in [0.4, 0.5) is 0 Å². The Hall–Kier alpha value is -2.04. The fraction of sp³-hybridized carbons (Fsp3) is 0.579. The van der Waals surface area contributed by atoms with E-state index in [1.165, 1.54) is 5.56 Å². The maximum atomic E-state index is 12.9. The van der Waals surface area contributed by atoms with Gasteiger partial charge < -0.3 is 14.5 Å². The first-order valence-electron chi connectivity index (χ1n) is 8.76. The number of likely N-dealkylation sites (tertiary alicyclic amines) is 2. The maximum absolute atomic E-state index is 12.9. The van der Waals surface area contributed by atoms with E-state index in [1.807, 2.05) is 30.1 Å². The Labute approximate surface area is 143 Å². The molecule has 2 fully saturated rings. The van der Waals surface area contributed by atoms with E-state index in [1.54, 1.807) is 12.0 Å². The van der Waals surface area contributed by atoms with Crippen LogP contribution in [0, 0.1) is 5.92 Å². The molecular formula is C19H26N2O3. The fourth-order valence-corrected chi connectivity index (χ4v) is 3.80. The lowest BCUT2D eigenvalue weighted by Gasteiger charge is -2.33. The van der Waals surface area contributed by atoms with Crippen LogP contribution in [0.25, 0.3) is 0 Å². The maximum Gasteiger partial charge on any atom is 0.226 e. The Morgan fingerprint density at radius 1 is 1.29 bits per heavy atom. The standard InChI is InChI=1S/C19H26N2O3/c1-20-10-8-15(13-18(20)22)19(23)21-9-4-6-16(21)11-14-5-3-7-17(12-14)24-2/h3,5,7,12,15-16H,4,6,8-11,13H2,1-2H3/t15-,16-/m1/s1. The molecule has 2 amide bonds. The number of ether oxygens (including phenoxy) is 1. The van der Waals surface area contributed by atoms with E-state index in [-0.39, 0.29) is 23.8 Å². The summed E-state index contributed by atoms with van der Waals surface area (Å²) in [6.07, 6.45) is 4.06. The molecule has 5 nitrogen and oxygen atoms in total. The topological polar surface area (TPSA) is 49.9 Å². The van der Waals surface area contributed by atoms with Crippen molar-refractivity contribution in [1.29, 1.82) is 0 Å². The molecule has 0 aromatic heterocycles. The number of nitrogens with zero attached hydrogens (tertiary/aromatic N) is 2. The molecule has 2 aliphatic rings. The van der Waals surface area contributed by atoms with Gasteiger partial charge in [-0.3, -0.25) is 9.59 Å². The van der Waals surface area contributed by atoms with Gasteiger partial charge in [0.05, 0.1) is 7.11 Å². The van der Waals surface area contributed by atoms with Crippen molar-refractivity contribution in [1.82, 2.24) is 9.80 Å². The molecule has 0 unspecified atom stereocenters. The second kappa shape index (κ2) is 7.24. The molecule has 130 valence electrons. The number of benzene rings is 1. The number of carbonyl (C=O) groups excluding carboxylic acids is 2. The van der Waals surface area contributed by atoms with Crippen molar-refractivity contribution >= 4 is 11.8 Å². The van der Waals surface area contributed by atoms with Gasteiger partial charge in [-0.15, -0.1) is 0 Å². The predicted molar refractivity (Wildman–Crippen MR) is 91.8 cm³/mol. The highest BCUT2D eigenvalue weighted by molar-refractivity contribution is 5.87. The second-order valence-electron chi connectivity index (χ2n) is 6.89. The van der Waals surface area contributed by atoms with Gasteiger partial charge in [-0.2, -0.15) is 0 Å². The van der Waals surface area contributed by atoms with Crippen molar-refractivity contribution in [2.24, 2.45) is 5.92 Å². The lowest BCUT2D eigenvalue weighted by atomic mass is 9.94. The summed E-state index contributed by atoms with van der Waals surface area (Å²) in [7, 11) is 3.48. The van der Waals surface area contributed by atoms with Crippen LogP contribution in [0.1, 0.15) is 31.2 Å². The summed E-state index contributed by atoms with van der Waals surface area (Å²) in [5.41, 5.74) is 1.19. The first-order chi connectivity index (χ1) is 11.6. The highest BCUT2D eigenvalue weighted by Crippen LogP contribution is 2.27. The summed E-state index contributed by atoms with van der Waals surface area (Å²) >= 11 is 0. The van der Waals surface area contributed by atoms with Gasteiger partial charge in [-0.05, 0) is 43.4 Å². The second-order valence-corrected chi connectivity index (χ2v) is 6.89. The SMILES string of the molecule is COc1cccc(C[C@H]2CCCN2C(=O)[C@@H]2CCN(C)C(=O)C2)c1. The van der Waals surface area contributed by atoms with Gasteiger partial charge in [-0.1, -0.05) is 12.1 Å². The number of carbonyl (C=O) groups is 2. The van der Waals surface area contributed by atoms with Crippen molar-refractivity contribution in [2.45, 2.75) is 38.1 Å². The van der Waals surface area contributed by atoms with E-state index in [0.29, 0.717) is 13.0 Å². The Balaban J connectivity index is 1.66. The zero-order valence-corrected chi connectivity index (χ0v) is 14.5. The van der Waals surface area contributed by atoms with Gasteiger partial charge in [0.25, 0.3) is 0 Å². The normalized spacial score (nSPS) is 24.3. The van der Waals surface area contributed by atoms with Gasteiger partial charge in [0, 0.05) is 38.5 Å². The van der Waals surface area contributed by atoms with Crippen molar-refractivity contribution in [3.8, 4) is 5.75 Å². The van der Waals surface area contributed by atoms with Crippen LogP contribution in [0.2, 0.25) is 0 Å². The van der Waals surface area contributed by atoms with Gasteiger partial charge in [0.15, 0.2) is 0 Å². The Kier molecular flexibility index (Phi) is 5.07. The Bertz CT molecular complexity index is 616. The van der Waals surface area contributed by atoms with Crippen LogP contribution in [-0.2, 0) is 16.0 Å². The van der Waals surface area contributed by atoms with Gasteiger partial charge in [0.2, 0.25) is 11.8 Å². The molecule has 5 heteroatoms. The molecule has 0 saturated carbocycles. The summed E-state index contributed by atoms with van der Waals surface area (Å²) in [4.78, 5) is 28.6. The lowest BCUT2D eigenvalue weighted by molar-refractivity contribution is -0.144. The quantitative estimate of drug-likeness (QED) is 0.849. The molecule has 0 spiro atoms. The molecule has 2 heterocycles. The monoisotopic (exact) mass is 330 g/mol. The summed E-state index contributed by atoms with van der Waals surface area (Å²) < 4.78 is 5.29. The molecule has 3 rings (SSSR count). The molecule has 2 saturated heterocycles. The molecule has 1 aromatic rings. The largest absolute Gasteiger partial charge is 0.497 e. The van der Waals surface area contributed by atoms with E-state index < -0.39 is 0 Å². The van der Waals surface area contributed by atoms with E-state index in [0.717, 1.165) is 38.0 Å². The average molecular weight is 330 g/mol. The number of hydrogen-bond donors (Lipinski definition) is 0. The van der Waals surface area contributed by atoms with Crippen LogP contribution < -0.4 is 4.74 Å². The zero-order valence-electron chi connectivity index (χ0n) is 14.5. The third-order valence-corrected chi connectivity index (χ3v) is 5.27. The van der Waals surface area contributed by atoms with Gasteiger partial charge in [-0.25, -0.2) is 0 Å². The van der Waals surface area contributed by atoms with Crippen LogP contribution >= 0.6 is 0 Å².